The average molecular weight is 318 g/mol. The van der Waals surface area contributed by atoms with Crippen LogP contribution >= 0.6 is 27.3 Å². The molecule has 1 aromatic heterocycles. The molecule has 96 valence electrons. The molecule has 2 nitrogen and oxygen atoms in total. The van der Waals surface area contributed by atoms with E-state index in [1.54, 1.807) is 11.3 Å². The molecule has 1 heterocycles. The lowest BCUT2D eigenvalue weighted by molar-refractivity contribution is -0.130. The summed E-state index contributed by atoms with van der Waals surface area (Å²) in [6.45, 7) is 6.06. The molecule has 17 heavy (non-hydrogen) atoms. The van der Waals surface area contributed by atoms with Crippen LogP contribution in [0.3, 0.4) is 0 Å². The van der Waals surface area contributed by atoms with Gasteiger partial charge >= 0.3 is 0 Å². The molecular formula is C13H20BrNOS. The van der Waals surface area contributed by atoms with Gasteiger partial charge < -0.3 is 4.90 Å². The second kappa shape index (κ2) is 7.88. The van der Waals surface area contributed by atoms with Crippen LogP contribution in [0, 0.1) is 0 Å². The summed E-state index contributed by atoms with van der Waals surface area (Å²) in [6.07, 6.45) is 3.81. The molecule has 0 saturated carbocycles. The van der Waals surface area contributed by atoms with Gasteiger partial charge in [-0.25, -0.2) is 0 Å². The first kappa shape index (κ1) is 14.7. The summed E-state index contributed by atoms with van der Waals surface area (Å²) < 4.78 is 1.09. The molecule has 0 aliphatic heterocycles. The highest BCUT2D eigenvalue weighted by molar-refractivity contribution is 9.11. The van der Waals surface area contributed by atoms with Gasteiger partial charge in [0.1, 0.15) is 0 Å². The molecule has 0 fully saturated rings. The van der Waals surface area contributed by atoms with Crippen LogP contribution in [0.15, 0.2) is 15.9 Å². The number of carbonyl (C=O) groups is 1. The largest absolute Gasteiger partial charge is 0.342 e. The Balaban J connectivity index is 2.52. The minimum absolute atomic E-state index is 0.259. The molecule has 0 bridgehead atoms. The van der Waals surface area contributed by atoms with Crippen molar-refractivity contribution < 1.29 is 4.79 Å². The zero-order valence-corrected chi connectivity index (χ0v) is 12.9. The topological polar surface area (TPSA) is 20.3 Å². The minimum Gasteiger partial charge on any atom is -0.342 e. The van der Waals surface area contributed by atoms with E-state index in [0.29, 0.717) is 6.42 Å². The zero-order valence-electron chi connectivity index (χ0n) is 10.5. The number of carbonyl (C=O) groups excluding carboxylic acids is 1. The fraction of sp³-hybridized carbons (Fsp3) is 0.615. The van der Waals surface area contributed by atoms with Crippen molar-refractivity contribution in [1.29, 1.82) is 0 Å². The van der Waals surface area contributed by atoms with Gasteiger partial charge in [-0.3, -0.25) is 4.79 Å². The lowest BCUT2D eigenvalue weighted by Gasteiger charge is -2.21. The number of nitrogens with zero attached hydrogens (tertiary/aromatic N) is 1. The summed E-state index contributed by atoms with van der Waals surface area (Å²) in [6, 6.07) is 4.03. The van der Waals surface area contributed by atoms with Crippen molar-refractivity contribution in [2.45, 2.75) is 39.5 Å². The lowest BCUT2D eigenvalue weighted by atomic mass is 10.2. The van der Waals surface area contributed by atoms with E-state index in [0.717, 1.165) is 41.0 Å². The maximum Gasteiger partial charge on any atom is 0.227 e. The molecule has 0 N–H and O–H groups in total. The van der Waals surface area contributed by atoms with Crippen molar-refractivity contribution in [3.05, 3.63) is 20.8 Å². The standard InChI is InChI=1S/C13H20BrNOS/c1-3-5-9-15(8-4-2)13(16)10-11-6-7-12(14)17-11/h6-7H,3-5,8-10H2,1-2H3. The highest BCUT2D eigenvalue weighted by Gasteiger charge is 2.13. The third-order valence-electron chi connectivity index (χ3n) is 2.58. The first-order valence-electron chi connectivity index (χ1n) is 6.19. The predicted octanol–water partition coefficient (Wildman–Crippen LogP) is 4.09. The smallest absolute Gasteiger partial charge is 0.227 e. The fourth-order valence-corrected chi connectivity index (χ4v) is 3.16. The SMILES string of the molecule is CCCCN(CCC)C(=O)Cc1ccc(Br)s1. The van der Waals surface area contributed by atoms with Gasteiger partial charge in [0.2, 0.25) is 5.91 Å². The first-order chi connectivity index (χ1) is 8.17. The number of unbranched alkanes of at least 4 members (excludes halogenated alkanes) is 1. The van der Waals surface area contributed by atoms with E-state index in [2.05, 4.69) is 29.8 Å². The number of rotatable bonds is 7. The van der Waals surface area contributed by atoms with Gasteiger partial charge in [-0.05, 0) is 40.9 Å². The Morgan fingerprint density at radius 3 is 2.59 bits per heavy atom. The number of halogens is 1. The zero-order chi connectivity index (χ0) is 12.7. The molecule has 0 radical (unpaired) electrons. The Labute approximate surface area is 116 Å². The van der Waals surface area contributed by atoms with E-state index in [1.807, 2.05) is 17.0 Å². The quantitative estimate of drug-likeness (QED) is 0.741. The van der Waals surface area contributed by atoms with Crippen LogP contribution in [-0.4, -0.2) is 23.9 Å². The Hall–Kier alpha value is -0.350. The second-order valence-electron chi connectivity index (χ2n) is 4.12. The van der Waals surface area contributed by atoms with Crippen molar-refractivity contribution in [2.24, 2.45) is 0 Å². The molecule has 0 spiro atoms. The minimum atomic E-state index is 0.259. The molecule has 0 saturated heterocycles. The monoisotopic (exact) mass is 317 g/mol. The van der Waals surface area contributed by atoms with Gasteiger partial charge in [0, 0.05) is 18.0 Å². The lowest BCUT2D eigenvalue weighted by Crippen LogP contribution is -2.33. The molecule has 0 aliphatic rings. The van der Waals surface area contributed by atoms with Gasteiger partial charge in [-0.1, -0.05) is 20.3 Å². The second-order valence-corrected chi connectivity index (χ2v) is 6.66. The maximum atomic E-state index is 12.1. The van der Waals surface area contributed by atoms with Gasteiger partial charge in [0.15, 0.2) is 0 Å². The van der Waals surface area contributed by atoms with E-state index in [9.17, 15) is 4.79 Å². The molecular weight excluding hydrogens is 298 g/mol. The maximum absolute atomic E-state index is 12.1. The van der Waals surface area contributed by atoms with Crippen LogP contribution in [0.1, 0.15) is 38.0 Å². The summed E-state index contributed by atoms with van der Waals surface area (Å²) in [5.74, 6) is 0.259. The van der Waals surface area contributed by atoms with Crippen molar-refractivity contribution in [3.63, 3.8) is 0 Å². The Kier molecular flexibility index (Phi) is 6.82. The summed E-state index contributed by atoms with van der Waals surface area (Å²) in [4.78, 5) is 15.3. The number of amides is 1. The summed E-state index contributed by atoms with van der Waals surface area (Å²) in [5, 5.41) is 0. The van der Waals surface area contributed by atoms with E-state index in [1.165, 1.54) is 0 Å². The molecule has 1 rings (SSSR count). The molecule has 0 aromatic carbocycles. The number of hydrogen-bond acceptors (Lipinski definition) is 2. The van der Waals surface area contributed by atoms with Crippen molar-refractivity contribution in [3.8, 4) is 0 Å². The van der Waals surface area contributed by atoms with Crippen LogP contribution < -0.4 is 0 Å². The Bertz CT molecular complexity index is 351. The van der Waals surface area contributed by atoms with E-state index in [-0.39, 0.29) is 5.91 Å². The Morgan fingerprint density at radius 2 is 2.06 bits per heavy atom. The van der Waals surface area contributed by atoms with Gasteiger partial charge in [-0.2, -0.15) is 0 Å². The van der Waals surface area contributed by atoms with Crippen LogP contribution in [0.4, 0.5) is 0 Å². The molecule has 0 unspecified atom stereocenters. The van der Waals surface area contributed by atoms with Crippen LogP contribution in [0.2, 0.25) is 0 Å². The highest BCUT2D eigenvalue weighted by atomic mass is 79.9. The molecule has 4 heteroatoms. The first-order valence-corrected chi connectivity index (χ1v) is 7.80. The van der Waals surface area contributed by atoms with Crippen LogP contribution in [-0.2, 0) is 11.2 Å². The molecule has 1 aromatic rings. The normalized spacial score (nSPS) is 10.5. The van der Waals surface area contributed by atoms with E-state index in [4.69, 9.17) is 0 Å². The summed E-state index contributed by atoms with van der Waals surface area (Å²) in [7, 11) is 0. The van der Waals surface area contributed by atoms with Crippen LogP contribution in [0.5, 0.6) is 0 Å². The van der Waals surface area contributed by atoms with Gasteiger partial charge in [0.25, 0.3) is 0 Å². The van der Waals surface area contributed by atoms with Crippen molar-refractivity contribution in [2.75, 3.05) is 13.1 Å². The van der Waals surface area contributed by atoms with Gasteiger partial charge in [-0.15, -0.1) is 11.3 Å². The molecule has 0 atom stereocenters. The van der Waals surface area contributed by atoms with E-state index < -0.39 is 0 Å². The third kappa shape index (κ3) is 5.21. The average Bonchev–Trinajstić information content (AvgIpc) is 2.70. The van der Waals surface area contributed by atoms with Gasteiger partial charge in [0.05, 0.1) is 10.2 Å². The summed E-state index contributed by atoms with van der Waals surface area (Å²) >= 11 is 5.07. The van der Waals surface area contributed by atoms with Crippen molar-refractivity contribution in [1.82, 2.24) is 4.90 Å². The predicted molar refractivity (Wildman–Crippen MR) is 77.5 cm³/mol. The van der Waals surface area contributed by atoms with Crippen molar-refractivity contribution >= 4 is 33.2 Å². The Morgan fingerprint density at radius 1 is 1.29 bits per heavy atom. The van der Waals surface area contributed by atoms with Crippen LogP contribution in [0.25, 0.3) is 0 Å². The fourth-order valence-electron chi connectivity index (χ4n) is 1.69. The highest BCUT2D eigenvalue weighted by Crippen LogP contribution is 2.22. The summed E-state index contributed by atoms with van der Waals surface area (Å²) in [5.41, 5.74) is 0. The van der Waals surface area contributed by atoms with E-state index >= 15 is 0 Å². The number of thiophene rings is 1. The molecule has 1 amide bonds. The third-order valence-corrected chi connectivity index (χ3v) is 4.21. The molecule has 0 aliphatic carbocycles. The number of hydrogen-bond donors (Lipinski definition) is 0.